The number of carbonyl (C=O) groups is 2. The number of ether oxygens (including phenoxy) is 2. The zero-order valence-electron chi connectivity index (χ0n) is 12.6. The number of carbonyl (C=O) groups excluding carboxylic acids is 2. The number of amides is 1. The maximum Gasteiger partial charge on any atom is 0.410 e. The summed E-state index contributed by atoms with van der Waals surface area (Å²) in [6.07, 6.45) is 0.520. The average molecular weight is 309 g/mol. The normalized spacial score (nSPS) is 18.4. The van der Waals surface area contributed by atoms with Crippen molar-refractivity contribution >= 4 is 24.5 Å². The van der Waals surface area contributed by atoms with E-state index in [1.54, 1.807) is 11.8 Å². The third kappa shape index (κ3) is 6.96. The molecule has 1 aliphatic rings. The van der Waals surface area contributed by atoms with Crippen LogP contribution in [0.2, 0.25) is 0 Å². The number of rotatable bonds is 4. The Labute approximate surface area is 126 Å². The van der Waals surface area contributed by atoms with E-state index in [0.29, 0.717) is 19.7 Å². The molecule has 0 bridgehead atoms. The van der Waals surface area contributed by atoms with Gasteiger partial charge in [-0.2, -0.15) is 0 Å². The highest BCUT2D eigenvalue weighted by Gasteiger charge is 2.29. The lowest BCUT2D eigenvalue weighted by atomic mass is 10.2. The van der Waals surface area contributed by atoms with E-state index in [0.717, 1.165) is 6.42 Å². The number of nitrogens with one attached hydrogen (secondary N) is 1. The van der Waals surface area contributed by atoms with Crippen LogP contribution in [0.5, 0.6) is 0 Å². The number of esters is 1. The fourth-order valence-electron chi connectivity index (χ4n) is 1.86. The third-order valence-corrected chi connectivity index (χ3v) is 2.68. The average Bonchev–Trinajstić information content (AvgIpc) is 2.73. The van der Waals surface area contributed by atoms with Gasteiger partial charge in [0.1, 0.15) is 5.60 Å². The molecule has 1 heterocycles. The number of halogens is 1. The Kier molecular flexibility index (Phi) is 7.90. The van der Waals surface area contributed by atoms with Gasteiger partial charge in [-0.15, -0.1) is 12.4 Å². The van der Waals surface area contributed by atoms with Crippen molar-refractivity contribution in [3.05, 3.63) is 0 Å². The van der Waals surface area contributed by atoms with E-state index in [9.17, 15) is 9.59 Å². The molecule has 1 amide bonds. The molecule has 0 saturated carbocycles. The second-order valence-electron chi connectivity index (χ2n) is 5.60. The zero-order chi connectivity index (χ0) is 14.5. The summed E-state index contributed by atoms with van der Waals surface area (Å²) < 4.78 is 10.1. The summed E-state index contributed by atoms with van der Waals surface area (Å²) in [5, 5.41) is 3.09. The van der Waals surface area contributed by atoms with Gasteiger partial charge >= 0.3 is 12.1 Å². The summed E-state index contributed by atoms with van der Waals surface area (Å²) in [4.78, 5) is 24.7. The topological polar surface area (TPSA) is 67.9 Å². The second kappa shape index (κ2) is 8.32. The first-order valence-electron chi connectivity index (χ1n) is 6.68. The van der Waals surface area contributed by atoms with Crippen molar-refractivity contribution in [3.8, 4) is 0 Å². The molecule has 6 nitrogen and oxygen atoms in total. The van der Waals surface area contributed by atoms with Crippen LogP contribution in [0.1, 0.15) is 34.1 Å². The van der Waals surface area contributed by atoms with Crippen molar-refractivity contribution in [1.29, 1.82) is 0 Å². The van der Waals surface area contributed by atoms with E-state index in [2.05, 4.69) is 5.32 Å². The lowest BCUT2D eigenvalue weighted by Gasteiger charge is -2.24. The predicted molar refractivity (Wildman–Crippen MR) is 78.1 cm³/mol. The van der Waals surface area contributed by atoms with Gasteiger partial charge in [-0.1, -0.05) is 0 Å². The Balaban J connectivity index is 0.00000361. The minimum absolute atomic E-state index is 0. The maximum absolute atomic E-state index is 11.8. The quantitative estimate of drug-likeness (QED) is 0.799. The molecule has 20 heavy (non-hydrogen) atoms. The highest BCUT2D eigenvalue weighted by Crippen LogP contribution is 2.15. The Bertz CT molecular complexity index is 331. The van der Waals surface area contributed by atoms with Gasteiger partial charge in [0.15, 0.2) is 0 Å². The Morgan fingerprint density at radius 3 is 2.55 bits per heavy atom. The molecule has 118 valence electrons. The van der Waals surface area contributed by atoms with Crippen molar-refractivity contribution in [2.45, 2.75) is 45.8 Å². The van der Waals surface area contributed by atoms with Gasteiger partial charge in [-0.25, -0.2) is 4.79 Å². The molecular weight excluding hydrogens is 284 g/mol. The van der Waals surface area contributed by atoms with Gasteiger partial charge in [0, 0.05) is 19.1 Å². The Hall–Kier alpha value is -1.01. The van der Waals surface area contributed by atoms with Gasteiger partial charge in [0.05, 0.1) is 13.2 Å². The van der Waals surface area contributed by atoms with Crippen molar-refractivity contribution in [2.24, 2.45) is 0 Å². The molecule has 0 aromatic carbocycles. The summed E-state index contributed by atoms with van der Waals surface area (Å²) in [5.74, 6) is -0.266. The van der Waals surface area contributed by atoms with Crippen LogP contribution >= 0.6 is 12.4 Å². The first kappa shape index (κ1) is 19.0. The van der Waals surface area contributed by atoms with E-state index in [1.807, 2.05) is 20.8 Å². The van der Waals surface area contributed by atoms with Crippen LogP contribution in [-0.4, -0.2) is 54.8 Å². The smallest absolute Gasteiger partial charge is 0.410 e. The Morgan fingerprint density at radius 2 is 2.00 bits per heavy atom. The molecule has 0 aromatic rings. The molecule has 0 aromatic heterocycles. The van der Waals surface area contributed by atoms with Gasteiger partial charge in [0.25, 0.3) is 0 Å². The van der Waals surface area contributed by atoms with Crippen LogP contribution in [0.25, 0.3) is 0 Å². The molecular formula is C13H25ClN2O4. The summed E-state index contributed by atoms with van der Waals surface area (Å²) in [5.41, 5.74) is -0.479. The molecule has 1 rings (SSSR count). The summed E-state index contributed by atoms with van der Waals surface area (Å²) in [6, 6.07) is 0.122. The molecule has 1 unspecified atom stereocenters. The molecule has 1 fully saturated rings. The lowest BCUT2D eigenvalue weighted by Crippen LogP contribution is -2.39. The van der Waals surface area contributed by atoms with Crippen molar-refractivity contribution in [1.82, 2.24) is 10.2 Å². The van der Waals surface area contributed by atoms with Crippen LogP contribution in [-0.2, 0) is 14.3 Å². The van der Waals surface area contributed by atoms with E-state index < -0.39 is 5.60 Å². The number of hydrogen-bond donors (Lipinski definition) is 1. The van der Waals surface area contributed by atoms with E-state index in [1.165, 1.54) is 0 Å². The zero-order valence-corrected chi connectivity index (χ0v) is 13.4. The van der Waals surface area contributed by atoms with Crippen LogP contribution in [0.3, 0.4) is 0 Å². The van der Waals surface area contributed by atoms with Crippen molar-refractivity contribution in [3.63, 3.8) is 0 Å². The SMILES string of the molecule is CCOC(=O)CNC1CCN(C(=O)OC(C)(C)C)C1.Cl. The molecule has 1 atom stereocenters. The minimum Gasteiger partial charge on any atom is -0.465 e. The second-order valence-corrected chi connectivity index (χ2v) is 5.60. The van der Waals surface area contributed by atoms with E-state index >= 15 is 0 Å². The summed E-state index contributed by atoms with van der Waals surface area (Å²) in [7, 11) is 0. The van der Waals surface area contributed by atoms with Crippen LogP contribution in [0.15, 0.2) is 0 Å². The van der Waals surface area contributed by atoms with Gasteiger partial charge in [-0.3, -0.25) is 4.79 Å². The number of hydrogen-bond acceptors (Lipinski definition) is 5. The van der Waals surface area contributed by atoms with E-state index in [4.69, 9.17) is 9.47 Å². The summed E-state index contributed by atoms with van der Waals surface area (Å²) >= 11 is 0. The van der Waals surface area contributed by atoms with Gasteiger partial charge in [-0.05, 0) is 34.1 Å². The van der Waals surface area contributed by atoms with Crippen molar-refractivity contribution in [2.75, 3.05) is 26.2 Å². The third-order valence-electron chi connectivity index (χ3n) is 2.68. The highest BCUT2D eigenvalue weighted by atomic mass is 35.5. The minimum atomic E-state index is -0.479. The Morgan fingerprint density at radius 1 is 1.35 bits per heavy atom. The van der Waals surface area contributed by atoms with Crippen molar-refractivity contribution < 1.29 is 19.1 Å². The van der Waals surface area contributed by atoms with Crippen LogP contribution in [0.4, 0.5) is 4.79 Å². The molecule has 0 spiro atoms. The molecule has 1 saturated heterocycles. The first-order valence-corrected chi connectivity index (χ1v) is 6.68. The van der Waals surface area contributed by atoms with Gasteiger partial charge < -0.3 is 19.7 Å². The molecule has 1 aliphatic heterocycles. The monoisotopic (exact) mass is 308 g/mol. The fourth-order valence-corrected chi connectivity index (χ4v) is 1.86. The highest BCUT2D eigenvalue weighted by molar-refractivity contribution is 5.85. The standard InChI is InChI=1S/C13H24N2O4.ClH/c1-5-18-11(16)8-14-10-6-7-15(9-10)12(17)19-13(2,3)4;/h10,14H,5-9H2,1-4H3;1H. The maximum atomic E-state index is 11.8. The van der Waals surface area contributed by atoms with Crippen LogP contribution < -0.4 is 5.32 Å². The first-order chi connectivity index (χ1) is 8.81. The number of nitrogens with zero attached hydrogens (tertiary/aromatic N) is 1. The fraction of sp³-hybridized carbons (Fsp3) is 0.846. The molecule has 0 radical (unpaired) electrons. The largest absolute Gasteiger partial charge is 0.465 e. The van der Waals surface area contributed by atoms with E-state index in [-0.39, 0.29) is 37.1 Å². The molecule has 0 aliphatic carbocycles. The van der Waals surface area contributed by atoms with Gasteiger partial charge in [0.2, 0.25) is 0 Å². The predicted octanol–water partition coefficient (Wildman–Crippen LogP) is 1.57. The summed E-state index contributed by atoms with van der Waals surface area (Å²) in [6.45, 7) is 9.09. The molecule has 1 N–H and O–H groups in total. The lowest BCUT2D eigenvalue weighted by molar-refractivity contribution is -0.142. The van der Waals surface area contributed by atoms with Crippen LogP contribution in [0, 0.1) is 0 Å². The molecule has 7 heteroatoms. The number of likely N-dealkylation sites (tertiary alicyclic amines) is 1.